The van der Waals surface area contributed by atoms with Gasteiger partial charge in [0.05, 0.1) is 51.2 Å². The van der Waals surface area contributed by atoms with Gasteiger partial charge in [-0.1, -0.05) is 146 Å². The van der Waals surface area contributed by atoms with Crippen molar-refractivity contribution < 1.29 is 18.9 Å². The highest BCUT2D eigenvalue weighted by Gasteiger charge is 2.24. The molecule has 0 aliphatic carbocycles. The lowest BCUT2D eigenvalue weighted by atomic mass is 10.0. The van der Waals surface area contributed by atoms with Gasteiger partial charge >= 0.3 is 0 Å². The second-order valence-corrected chi connectivity index (χ2v) is 22.2. The molecule has 2 aromatic heterocycles. The lowest BCUT2D eigenvalue weighted by molar-refractivity contribution is 0.415. The Labute approximate surface area is 547 Å². The van der Waals surface area contributed by atoms with Gasteiger partial charge in [-0.25, -0.2) is 19.9 Å². The first kappa shape index (κ1) is 59.1. The van der Waals surface area contributed by atoms with E-state index in [2.05, 4.69) is 189 Å². The smallest absolute Gasteiger partial charge is 0.199 e. The molecule has 12 heteroatoms. The van der Waals surface area contributed by atoms with E-state index in [0.717, 1.165) is 114 Å². The van der Waals surface area contributed by atoms with Crippen molar-refractivity contribution in [1.82, 2.24) is 19.9 Å². The van der Waals surface area contributed by atoms with Crippen LogP contribution in [0.4, 0.5) is 68.2 Å². The Kier molecular flexibility index (Phi) is 16.9. The van der Waals surface area contributed by atoms with E-state index in [0.29, 0.717) is 34.1 Å². The SMILES string of the molecule is COc1cccc(N(c2ccccc2)c2ccc(-c3nc4nc(-c5ccc(N(c6ccccc6)c6cccc(OC)c6)cc5)c(-c5ccc(N(c6ccccc6)c6cccc(OC)c6)cc5)nc4nc3-c3ccc(N(c4ccccc4)c4cccc(OC)c4)cc3)cc2)c1. The van der Waals surface area contributed by atoms with Gasteiger partial charge in [0.1, 0.15) is 23.0 Å². The minimum Gasteiger partial charge on any atom is -0.497 e. The Bertz CT molecular complexity index is 4280. The zero-order chi connectivity index (χ0) is 63.7. The fraction of sp³-hybridized carbons (Fsp3) is 0.0488. The van der Waals surface area contributed by atoms with Crippen LogP contribution < -0.4 is 38.5 Å². The van der Waals surface area contributed by atoms with E-state index in [4.69, 9.17) is 38.9 Å². The van der Waals surface area contributed by atoms with Gasteiger partial charge in [0.2, 0.25) is 0 Å². The molecule has 14 rings (SSSR count). The number of benzene rings is 12. The van der Waals surface area contributed by atoms with Crippen LogP contribution in [0.25, 0.3) is 56.3 Å². The second kappa shape index (κ2) is 26.9. The third kappa shape index (κ3) is 12.3. The molecule has 0 amide bonds. The van der Waals surface area contributed by atoms with E-state index in [1.54, 1.807) is 28.4 Å². The summed E-state index contributed by atoms with van der Waals surface area (Å²) in [6.45, 7) is 0. The van der Waals surface area contributed by atoms with Crippen molar-refractivity contribution in [2.45, 2.75) is 0 Å². The fourth-order valence-corrected chi connectivity index (χ4v) is 11.9. The highest BCUT2D eigenvalue weighted by atomic mass is 16.5. The molecule has 0 aliphatic rings. The van der Waals surface area contributed by atoms with Crippen LogP contribution in [0, 0.1) is 0 Å². The monoisotopic (exact) mass is 1220 g/mol. The summed E-state index contributed by atoms with van der Waals surface area (Å²) in [7, 11) is 6.75. The number of hydrogen-bond donors (Lipinski definition) is 0. The Balaban J connectivity index is 0.949. The molecular formula is C82H64N8O4. The minimum atomic E-state index is 0.380. The van der Waals surface area contributed by atoms with Crippen molar-refractivity contribution in [3.63, 3.8) is 0 Å². The van der Waals surface area contributed by atoms with Crippen molar-refractivity contribution >= 4 is 79.5 Å². The molecule has 0 fully saturated rings. The highest BCUT2D eigenvalue weighted by molar-refractivity contribution is 5.91. The zero-order valence-electron chi connectivity index (χ0n) is 52.2. The maximum Gasteiger partial charge on any atom is 0.199 e. The molecule has 0 bridgehead atoms. The molecule has 2 heterocycles. The standard InChI is InChI=1S/C82H64N8O4/c1-91-73-33-17-29-69(53-73)87(61-21-9-5-10-22-61)65-45-37-57(38-46-65)77-78(58-39-47-66(48-40-58)88(62-23-11-6-12-24-62)70-30-18-34-74(54-70)92-2)84-82-81(83-77)85-79(59-41-49-67(50-42-59)89(63-25-13-7-14-26-63)71-31-19-35-75(55-71)93-3)80(86-82)60-43-51-68(52-44-60)90(64-27-15-8-16-28-64)72-32-20-36-76(56-72)94-4/h5-56H,1-4H3. The summed E-state index contributed by atoms with van der Waals surface area (Å²) in [4.78, 5) is 31.1. The Morgan fingerprint density at radius 3 is 0.564 bits per heavy atom. The van der Waals surface area contributed by atoms with Gasteiger partial charge in [-0.3, -0.25) is 0 Å². The summed E-state index contributed by atoms with van der Waals surface area (Å²) in [5.41, 5.74) is 18.2. The van der Waals surface area contributed by atoms with E-state index in [1.165, 1.54) is 0 Å². The van der Waals surface area contributed by atoms with Gasteiger partial charge in [0, 0.05) is 115 Å². The first-order valence-electron chi connectivity index (χ1n) is 30.9. The highest BCUT2D eigenvalue weighted by Crippen LogP contribution is 2.44. The van der Waals surface area contributed by atoms with Gasteiger partial charge in [0.25, 0.3) is 0 Å². The summed E-state index contributed by atoms with van der Waals surface area (Å²) < 4.78 is 22.9. The first-order chi connectivity index (χ1) is 46.4. The average Bonchev–Trinajstić information content (AvgIpc) is 0.794. The predicted octanol–water partition coefficient (Wildman–Crippen LogP) is 21.0. The molecule has 456 valence electrons. The topological polar surface area (TPSA) is 101 Å². The lowest BCUT2D eigenvalue weighted by Gasteiger charge is -2.26. The number of rotatable bonds is 20. The summed E-state index contributed by atoms with van der Waals surface area (Å²) >= 11 is 0. The van der Waals surface area contributed by atoms with Crippen LogP contribution in [-0.2, 0) is 0 Å². The fourth-order valence-electron chi connectivity index (χ4n) is 11.9. The van der Waals surface area contributed by atoms with Crippen LogP contribution in [0.2, 0.25) is 0 Å². The van der Waals surface area contributed by atoms with Crippen molar-refractivity contribution in [2.75, 3.05) is 48.0 Å². The van der Waals surface area contributed by atoms with Gasteiger partial charge in [0.15, 0.2) is 11.3 Å². The third-order valence-electron chi connectivity index (χ3n) is 16.4. The molecule has 0 radical (unpaired) electrons. The van der Waals surface area contributed by atoms with Gasteiger partial charge in [-0.05, 0) is 146 Å². The second-order valence-electron chi connectivity index (χ2n) is 22.2. The number of anilines is 12. The van der Waals surface area contributed by atoms with Crippen molar-refractivity contribution in [3.8, 4) is 68.0 Å². The third-order valence-corrected chi connectivity index (χ3v) is 16.4. The maximum atomic E-state index is 5.72. The van der Waals surface area contributed by atoms with Gasteiger partial charge < -0.3 is 38.5 Å². The van der Waals surface area contributed by atoms with E-state index < -0.39 is 0 Å². The quantitative estimate of drug-likeness (QED) is 0.0726. The van der Waals surface area contributed by atoms with Crippen LogP contribution in [0.15, 0.2) is 315 Å². The van der Waals surface area contributed by atoms with E-state index in [9.17, 15) is 0 Å². The van der Waals surface area contributed by atoms with Crippen LogP contribution in [0.5, 0.6) is 23.0 Å². The summed E-state index contributed by atoms with van der Waals surface area (Å²) in [5.74, 6) is 3.02. The lowest BCUT2D eigenvalue weighted by Crippen LogP contribution is -2.10. The first-order valence-corrected chi connectivity index (χ1v) is 30.9. The van der Waals surface area contributed by atoms with E-state index >= 15 is 0 Å². The average molecular weight is 1230 g/mol. The largest absolute Gasteiger partial charge is 0.497 e. The summed E-state index contributed by atoms with van der Waals surface area (Å²) in [6, 6.07) is 107. The molecule has 12 aromatic carbocycles. The molecule has 0 aliphatic heterocycles. The number of para-hydroxylation sites is 4. The van der Waals surface area contributed by atoms with Crippen molar-refractivity contribution in [1.29, 1.82) is 0 Å². The molecule has 94 heavy (non-hydrogen) atoms. The number of aromatic nitrogens is 4. The normalized spacial score (nSPS) is 11.0. The molecule has 0 spiro atoms. The minimum absolute atomic E-state index is 0.380. The van der Waals surface area contributed by atoms with Gasteiger partial charge in [-0.2, -0.15) is 0 Å². The molecule has 0 unspecified atom stereocenters. The zero-order valence-corrected chi connectivity index (χ0v) is 52.2. The molecule has 0 atom stereocenters. The molecule has 0 saturated carbocycles. The Morgan fingerprint density at radius 2 is 0.372 bits per heavy atom. The molecule has 0 saturated heterocycles. The van der Waals surface area contributed by atoms with Crippen LogP contribution in [0.3, 0.4) is 0 Å². The number of methoxy groups -OCH3 is 4. The number of nitrogens with zero attached hydrogens (tertiary/aromatic N) is 8. The predicted molar refractivity (Wildman–Crippen MR) is 382 cm³/mol. The molecule has 14 aromatic rings. The molecule has 12 nitrogen and oxygen atoms in total. The van der Waals surface area contributed by atoms with Gasteiger partial charge in [-0.15, -0.1) is 0 Å². The van der Waals surface area contributed by atoms with Crippen molar-refractivity contribution in [2.24, 2.45) is 0 Å². The summed E-state index contributed by atoms with van der Waals surface area (Å²) in [5, 5.41) is 0. The van der Waals surface area contributed by atoms with Crippen LogP contribution in [0.1, 0.15) is 0 Å². The number of ether oxygens (including phenoxy) is 4. The number of hydrogen-bond acceptors (Lipinski definition) is 12. The van der Waals surface area contributed by atoms with Crippen LogP contribution in [-0.4, -0.2) is 48.4 Å². The Morgan fingerprint density at radius 1 is 0.191 bits per heavy atom. The van der Waals surface area contributed by atoms with Crippen molar-refractivity contribution in [3.05, 3.63) is 315 Å². The summed E-state index contributed by atoms with van der Waals surface area (Å²) in [6.07, 6.45) is 0. The Hall–Kier alpha value is -12.5. The number of fused-ring (bicyclic) bond motifs is 1. The van der Waals surface area contributed by atoms with E-state index in [1.807, 2.05) is 146 Å². The molecular weight excluding hydrogens is 1160 g/mol. The molecule has 0 N–H and O–H groups in total. The van der Waals surface area contributed by atoms with E-state index in [-0.39, 0.29) is 0 Å². The van der Waals surface area contributed by atoms with Crippen LogP contribution >= 0.6 is 0 Å². The maximum absolute atomic E-state index is 5.72.